The first-order chi connectivity index (χ1) is 8.22. The summed E-state index contributed by atoms with van der Waals surface area (Å²) in [5.41, 5.74) is 1.60. The van der Waals surface area contributed by atoms with Gasteiger partial charge in [-0.05, 0) is 19.1 Å². The van der Waals surface area contributed by atoms with Crippen LogP contribution in [0.5, 0.6) is 0 Å². The Bertz CT molecular complexity index is 539. The number of carbonyl (C=O) groups excluding carboxylic acids is 1. The van der Waals surface area contributed by atoms with Gasteiger partial charge < -0.3 is 4.74 Å². The molecule has 2 rings (SSSR count). The molecule has 2 heterocycles. The molecule has 0 amide bonds. The summed E-state index contributed by atoms with van der Waals surface area (Å²) in [6, 6.07) is 3.33. The zero-order valence-electron chi connectivity index (χ0n) is 9.11. The van der Waals surface area contributed by atoms with Crippen LogP contribution in [0.25, 0.3) is 11.3 Å². The third-order valence-electron chi connectivity index (χ3n) is 2.12. The van der Waals surface area contributed by atoms with E-state index in [1.165, 1.54) is 6.20 Å². The van der Waals surface area contributed by atoms with Gasteiger partial charge in [-0.1, -0.05) is 11.6 Å². The van der Waals surface area contributed by atoms with Crippen molar-refractivity contribution < 1.29 is 9.53 Å². The maximum Gasteiger partial charge on any atom is 0.356 e. The van der Waals surface area contributed by atoms with Crippen LogP contribution in [0, 0.1) is 0 Å². The standard InChI is InChI=1S/C11H10ClN3O2/c1-2-17-11(16)10-5-9(14-15-10)7-3-4-13-6-8(7)12/h3-6H,2H2,1H3,(H,14,15). The van der Waals surface area contributed by atoms with Gasteiger partial charge in [0.15, 0.2) is 0 Å². The van der Waals surface area contributed by atoms with Gasteiger partial charge in [0.1, 0.15) is 5.69 Å². The Kier molecular flexibility index (Phi) is 3.39. The molecule has 17 heavy (non-hydrogen) atoms. The van der Waals surface area contributed by atoms with Gasteiger partial charge in [-0.25, -0.2) is 4.79 Å². The lowest BCUT2D eigenvalue weighted by Gasteiger charge is -1.97. The van der Waals surface area contributed by atoms with Gasteiger partial charge in [-0.3, -0.25) is 10.1 Å². The fraction of sp³-hybridized carbons (Fsp3) is 0.182. The number of halogens is 1. The topological polar surface area (TPSA) is 67.9 Å². The van der Waals surface area contributed by atoms with Gasteiger partial charge in [-0.15, -0.1) is 0 Å². The van der Waals surface area contributed by atoms with Crippen molar-refractivity contribution in [3.05, 3.63) is 35.2 Å². The predicted molar refractivity (Wildman–Crippen MR) is 62.8 cm³/mol. The summed E-state index contributed by atoms with van der Waals surface area (Å²) >= 11 is 5.98. The van der Waals surface area contributed by atoms with Gasteiger partial charge in [0.25, 0.3) is 0 Å². The van der Waals surface area contributed by atoms with Crippen LogP contribution < -0.4 is 0 Å². The zero-order chi connectivity index (χ0) is 12.3. The Morgan fingerprint density at radius 3 is 3.12 bits per heavy atom. The number of H-pyrrole nitrogens is 1. The van der Waals surface area contributed by atoms with Crippen molar-refractivity contribution in [3.8, 4) is 11.3 Å². The van der Waals surface area contributed by atoms with E-state index in [0.717, 1.165) is 0 Å². The van der Waals surface area contributed by atoms with Crippen LogP contribution in [0.15, 0.2) is 24.5 Å². The van der Waals surface area contributed by atoms with Crippen molar-refractivity contribution in [3.63, 3.8) is 0 Å². The quantitative estimate of drug-likeness (QED) is 0.850. The highest BCUT2D eigenvalue weighted by Crippen LogP contribution is 2.25. The molecular weight excluding hydrogens is 242 g/mol. The number of nitrogens with zero attached hydrogens (tertiary/aromatic N) is 2. The van der Waals surface area contributed by atoms with Gasteiger partial charge in [0.2, 0.25) is 0 Å². The first-order valence-electron chi connectivity index (χ1n) is 5.04. The van der Waals surface area contributed by atoms with Crippen LogP contribution in [0.1, 0.15) is 17.4 Å². The number of pyridine rings is 1. The molecule has 1 N–H and O–H groups in total. The van der Waals surface area contributed by atoms with E-state index in [2.05, 4.69) is 15.2 Å². The predicted octanol–water partition coefficient (Wildman–Crippen LogP) is 2.30. The van der Waals surface area contributed by atoms with E-state index in [1.807, 2.05) is 0 Å². The summed E-state index contributed by atoms with van der Waals surface area (Å²) in [5, 5.41) is 7.11. The van der Waals surface area contributed by atoms with E-state index in [-0.39, 0.29) is 0 Å². The molecule has 0 bridgehead atoms. The number of rotatable bonds is 3. The normalized spacial score (nSPS) is 10.2. The van der Waals surface area contributed by atoms with Crippen molar-refractivity contribution in [1.29, 1.82) is 0 Å². The van der Waals surface area contributed by atoms with Crippen LogP contribution in [0.4, 0.5) is 0 Å². The number of carbonyl (C=O) groups is 1. The third kappa shape index (κ3) is 2.45. The number of aromatic amines is 1. The lowest BCUT2D eigenvalue weighted by molar-refractivity contribution is 0.0519. The Balaban J connectivity index is 2.30. The molecular formula is C11H10ClN3O2. The molecule has 0 aliphatic carbocycles. The molecule has 0 saturated carbocycles. The van der Waals surface area contributed by atoms with Crippen LogP contribution in [0.2, 0.25) is 5.02 Å². The summed E-state index contributed by atoms with van der Waals surface area (Å²) in [7, 11) is 0. The fourth-order valence-corrected chi connectivity index (χ4v) is 1.57. The third-order valence-corrected chi connectivity index (χ3v) is 2.42. The number of hydrogen-bond donors (Lipinski definition) is 1. The van der Waals surface area contributed by atoms with Crippen LogP contribution >= 0.6 is 11.6 Å². The molecule has 0 unspecified atom stereocenters. The van der Waals surface area contributed by atoms with E-state index in [0.29, 0.717) is 28.6 Å². The minimum absolute atomic E-state index is 0.301. The maximum atomic E-state index is 11.4. The molecule has 88 valence electrons. The average Bonchev–Trinajstić information content (AvgIpc) is 2.79. The molecule has 0 spiro atoms. The number of esters is 1. The monoisotopic (exact) mass is 251 g/mol. The highest BCUT2D eigenvalue weighted by Gasteiger charge is 2.13. The van der Waals surface area contributed by atoms with Crippen molar-refractivity contribution in [2.45, 2.75) is 6.92 Å². The van der Waals surface area contributed by atoms with Crippen molar-refractivity contribution in [2.75, 3.05) is 6.61 Å². The Labute approximate surface area is 103 Å². The summed E-state index contributed by atoms with van der Waals surface area (Å²) < 4.78 is 4.85. The fourth-order valence-electron chi connectivity index (χ4n) is 1.36. The summed E-state index contributed by atoms with van der Waals surface area (Å²) in [6.07, 6.45) is 3.13. The van der Waals surface area contributed by atoms with E-state index in [4.69, 9.17) is 16.3 Å². The van der Waals surface area contributed by atoms with Crippen LogP contribution in [0.3, 0.4) is 0 Å². The van der Waals surface area contributed by atoms with Gasteiger partial charge >= 0.3 is 5.97 Å². The lowest BCUT2D eigenvalue weighted by Crippen LogP contribution is -2.04. The van der Waals surface area contributed by atoms with Gasteiger partial charge in [-0.2, -0.15) is 5.10 Å². The van der Waals surface area contributed by atoms with E-state index in [9.17, 15) is 4.79 Å². The van der Waals surface area contributed by atoms with Crippen LogP contribution in [-0.2, 0) is 4.74 Å². The molecule has 2 aromatic heterocycles. The zero-order valence-corrected chi connectivity index (χ0v) is 9.86. The molecule has 0 fully saturated rings. The summed E-state index contributed by atoms with van der Waals surface area (Å²) in [5.74, 6) is -0.434. The molecule has 0 radical (unpaired) electrons. The Hall–Kier alpha value is -1.88. The van der Waals surface area contributed by atoms with E-state index in [1.54, 1.807) is 25.3 Å². The SMILES string of the molecule is CCOC(=O)c1cc(-c2ccncc2Cl)n[nH]1. The molecule has 5 nitrogen and oxygen atoms in total. The van der Waals surface area contributed by atoms with E-state index < -0.39 is 5.97 Å². The van der Waals surface area contributed by atoms with Crippen molar-refractivity contribution in [1.82, 2.24) is 15.2 Å². The van der Waals surface area contributed by atoms with E-state index >= 15 is 0 Å². The molecule has 2 aromatic rings. The van der Waals surface area contributed by atoms with Crippen molar-refractivity contribution >= 4 is 17.6 Å². The molecule has 0 aliphatic heterocycles. The lowest BCUT2D eigenvalue weighted by atomic mass is 10.2. The van der Waals surface area contributed by atoms with Crippen molar-refractivity contribution in [2.24, 2.45) is 0 Å². The first kappa shape index (κ1) is 11.6. The number of hydrogen-bond acceptors (Lipinski definition) is 4. The molecule has 0 aromatic carbocycles. The Morgan fingerprint density at radius 1 is 1.59 bits per heavy atom. The summed E-state index contributed by atoms with van der Waals surface area (Å²) in [4.78, 5) is 15.3. The number of ether oxygens (including phenoxy) is 1. The molecule has 0 atom stereocenters. The first-order valence-corrected chi connectivity index (χ1v) is 5.42. The van der Waals surface area contributed by atoms with Crippen LogP contribution in [-0.4, -0.2) is 27.8 Å². The molecule has 0 saturated heterocycles. The molecule has 0 aliphatic rings. The maximum absolute atomic E-state index is 11.4. The highest BCUT2D eigenvalue weighted by molar-refractivity contribution is 6.33. The molecule has 6 heteroatoms. The van der Waals surface area contributed by atoms with Gasteiger partial charge in [0, 0.05) is 18.0 Å². The smallest absolute Gasteiger partial charge is 0.356 e. The minimum Gasteiger partial charge on any atom is -0.461 e. The Morgan fingerprint density at radius 2 is 2.41 bits per heavy atom. The second kappa shape index (κ2) is 4.97. The highest BCUT2D eigenvalue weighted by atomic mass is 35.5. The minimum atomic E-state index is -0.434. The number of nitrogens with one attached hydrogen (secondary N) is 1. The van der Waals surface area contributed by atoms with Gasteiger partial charge in [0.05, 0.1) is 17.3 Å². The second-order valence-corrected chi connectivity index (χ2v) is 3.65. The average molecular weight is 252 g/mol. The largest absolute Gasteiger partial charge is 0.461 e. The summed E-state index contributed by atoms with van der Waals surface area (Å²) in [6.45, 7) is 2.07. The second-order valence-electron chi connectivity index (χ2n) is 3.24. The number of aromatic nitrogens is 3.